The van der Waals surface area contributed by atoms with Crippen LogP contribution in [0.3, 0.4) is 0 Å². The summed E-state index contributed by atoms with van der Waals surface area (Å²) in [5, 5.41) is 1.80. The molecule has 2 rings (SSSR count). The van der Waals surface area contributed by atoms with E-state index < -0.39 is 0 Å². The van der Waals surface area contributed by atoms with Crippen molar-refractivity contribution in [3.63, 3.8) is 0 Å². The van der Waals surface area contributed by atoms with Crippen LogP contribution in [0.5, 0.6) is 0 Å². The second-order valence-electron chi connectivity index (χ2n) is 3.68. The molecule has 1 unspecified atom stereocenters. The Labute approximate surface area is 124 Å². The van der Waals surface area contributed by atoms with Gasteiger partial charge < -0.3 is 5.73 Å². The summed E-state index contributed by atoms with van der Waals surface area (Å²) in [4.78, 5) is 4.34. The fourth-order valence-corrected chi connectivity index (χ4v) is 3.10. The molecule has 0 fully saturated rings. The lowest BCUT2D eigenvalue weighted by Gasteiger charge is -2.15. The molecule has 94 valence electrons. The largest absolute Gasteiger partial charge is 0.329 e. The van der Waals surface area contributed by atoms with Crippen molar-refractivity contribution in [2.24, 2.45) is 5.73 Å². The first kappa shape index (κ1) is 13.9. The summed E-state index contributed by atoms with van der Waals surface area (Å²) >= 11 is 11.2. The van der Waals surface area contributed by atoms with Crippen LogP contribution in [0.25, 0.3) is 0 Å². The van der Waals surface area contributed by atoms with Crippen molar-refractivity contribution in [1.82, 2.24) is 4.98 Å². The predicted molar refractivity (Wildman–Crippen MR) is 81.0 cm³/mol. The Morgan fingerprint density at radius 3 is 2.67 bits per heavy atom. The zero-order chi connectivity index (χ0) is 13.0. The highest BCUT2D eigenvalue weighted by Gasteiger charge is 2.14. The first-order valence-electron chi connectivity index (χ1n) is 5.43. The van der Waals surface area contributed by atoms with Crippen LogP contribution >= 0.6 is 39.3 Å². The normalized spacial score (nSPS) is 12.4. The van der Waals surface area contributed by atoms with Crippen LogP contribution in [0.2, 0.25) is 5.02 Å². The summed E-state index contributed by atoms with van der Waals surface area (Å²) in [5.74, 6) is 0. The lowest BCUT2D eigenvalue weighted by atomic mass is 10.1. The summed E-state index contributed by atoms with van der Waals surface area (Å²) in [7, 11) is 0. The highest BCUT2D eigenvalue weighted by atomic mass is 79.9. The van der Waals surface area contributed by atoms with Gasteiger partial charge in [-0.15, -0.1) is 0 Å². The third kappa shape index (κ3) is 3.48. The Balaban J connectivity index is 2.20. The van der Waals surface area contributed by atoms with Gasteiger partial charge >= 0.3 is 0 Å². The molecular formula is C13H12BrClN2S. The van der Waals surface area contributed by atoms with Gasteiger partial charge in [0.15, 0.2) is 0 Å². The van der Waals surface area contributed by atoms with E-state index in [2.05, 4.69) is 20.9 Å². The van der Waals surface area contributed by atoms with Crippen LogP contribution < -0.4 is 5.73 Å². The Morgan fingerprint density at radius 1 is 1.28 bits per heavy atom. The van der Waals surface area contributed by atoms with Gasteiger partial charge in [0.1, 0.15) is 0 Å². The number of halogens is 2. The molecule has 1 heterocycles. The summed E-state index contributed by atoms with van der Waals surface area (Å²) in [6.07, 6.45) is 1.78. The number of hydrogen-bond donors (Lipinski definition) is 1. The highest BCUT2D eigenvalue weighted by Crippen LogP contribution is 2.36. The van der Waals surface area contributed by atoms with E-state index in [1.165, 1.54) is 0 Å². The molecular weight excluding hydrogens is 332 g/mol. The van der Waals surface area contributed by atoms with Gasteiger partial charge in [0.05, 0.1) is 5.03 Å². The van der Waals surface area contributed by atoms with Crippen molar-refractivity contribution in [3.05, 3.63) is 57.7 Å². The van der Waals surface area contributed by atoms with E-state index in [0.29, 0.717) is 6.54 Å². The number of nitrogens with zero attached hydrogens (tertiary/aromatic N) is 1. The second kappa shape index (κ2) is 6.57. The average molecular weight is 344 g/mol. The molecule has 0 radical (unpaired) electrons. The quantitative estimate of drug-likeness (QED) is 0.842. The van der Waals surface area contributed by atoms with Crippen LogP contribution in [-0.2, 0) is 0 Å². The molecule has 0 bridgehead atoms. The molecule has 0 aliphatic carbocycles. The van der Waals surface area contributed by atoms with Gasteiger partial charge in [-0.1, -0.05) is 41.6 Å². The van der Waals surface area contributed by atoms with Crippen LogP contribution in [-0.4, -0.2) is 11.5 Å². The van der Waals surface area contributed by atoms with Crippen LogP contribution in [0.1, 0.15) is 10.8 Å². The molecule has 18 heavy (non-hydrogen) atoms. The standard InChI is InChI=1S/C13H12BrClN2S/c14-9-5-6-13(17-8-9)18-12(7-16)10-3-1-2-4-11(10)15/h1-6,8,12H,7,16H2. The predicted octanol–water partition coefficient (Wildman–Crippen LogP) is 4.29. The van der Waals surface area contributed by atoms with Crippen LogP contribution in [0.4, 0.5) is 0 Å². The van der Waals surface area contributed by atoms with E-state index in [9.17, 15) is 0 Å². The van der Waals surface area contributed by atoms with E-state index in [1.54, 1.807) is 18.0 Å². The maximum absolute atomic E-state index is 6.19. The SMILES string of the molecule is NCC(Sc1ccc(Br)cn1)c1ccccc1Cl. The molecule has 0 amide bonds. The number of pyridine rings is 1. The molecule has 2 aromatic rings. The third-order valence-corrected chi connectivity index (χ3v) is 4.46. The fourth-order valence-electron chi connectivity index (χ4n) is 1.55. The summed E-state index contributed by atoms with van der Waals surface area (Å²) < 4.78 is 0.967. The molecule has 2 N–H and O–H groups in total. The molecule has 1 atom stereocenters. The Kier molecular flexibility index (Phi) is 5.06. The first-order valence-corrected chi connectivity index (χ1v) is 7.48. The molecule has 2 nitrogen and oxygen atoms in total. The summed E-state index contributed by atoms with van der Waals surface area (Å²) in [5.41, 5.74) is 6.89. The molecule has 0 saturated heterocycles. The minimum Gasteiger partial charge on any atom is -0.329 e. The number of hydrogen-bond acceptors (Lipinski definition) is 3. The molecule has 1 aromatic heterocycles. The van der Waals surface area contributed by atoms with Gasteiger partial charge in [0.25, 0.3) is 0 Å². The molecule has 0 aliphatic heterocycles. The minimum atomic E-state index is 0.118. The number of thioether (sulfide) groups is 1. The summed E-state index contributed by atoms with van der Waals surface area (Å²) in [6, 6.07) is 11.7. The maximum Gasteiger partial charge on any atom is 0.0967 e. The van der Waals surface area contributed by atoms with Crippen molar-refractivity contribution >= 4 is 39.3 Å². The number of nitrogens with two attached hydrogens (primary N) is 1. The average Bonchev–Trinajstić information content (AvgIpc) is 2.39. The van der Waals surface area contributed by atoms with Crippen LogP contribution in [0, 0.1) is 0 Å². The van der Waals surface area contributed by atoms with Gasteiger partial charge in [-0.2, -0.15) is 0 Å². The van der Waals surface area contributed by atoms with E-state index in [0.717, 1.165) is 20.1 Å². The number of benzene rings is 1. The minimum absolute atomic E-state index is 0.118. The summed E-state index contributed by atoms with van der Waals surface area (Å²) in [6.45, 7) is 0.520. The van der Waals surface area contributed by atoms with Crippen molar-refractivity contribution in [2.45, 2.75) is 10.3 Å². The van der Waals surface area contributed by atoms with E-state index in [-0.39, 0.29) is 5.25 Å². The zero-order valence-corrected chi connectivity index (χ0v) is 12.7. The van der Waals surface area contributed by atoms with E-state index in [4.69, 9.17) is 17.3 Å². The third-order valence-electron chi connectivity index (χ3n) is 2.43. The molecule has 0 spiro atoms. The number of aromatic nitrogens is 1. The van der Waals surface area contributed by atoms with Gasteiger partial charge in [-0.25, -0.2) is 4.98 Å². The molecule has 0 aliphatic rings. The lowest BCUT2D eigenvalue weighted by molar-refractivity contribution is 0.934. The zero-order valence-electron chi connectivity index (χ0n) is 9.51. The Morgan fingerprint density at radius 2 is 2.06 bits per heavy atom. The second-order valence-corrected chi connectivity index (χ2v) is 6.22. The Hall–Kier alpha value is -0.550. The Bertz CT molecular complexity index is 519. The van der Waals surface area contributed by atoms with Crippen molar-refractivity contribution < 1.29 is 0 Å². The van der Waals surface area contributed by atoms with Gasteiger partial charge in [-0.05, 0) is 39.7 Å². The smallest absolute Gasteiger partial charge is 0.0967 e. The fraction of sp³-hybridized carbons (Fsp3) is 0.154. The van der Waals surface area contributed by atoms with Gasteiger partial charge in [-0.3, -0.25) is 0 Å². The van der Waals surface area contributed by atoms with Crippen molar-refractivity contribution in [1.29, 1.82) is 0 Å². The molecule has 1 aromatic carbocycles. The van der Waals surface area contributed by atoms with E-state index >= 15 is 0 Å². The van der Waals surface area contributed by atoms with Crippen LogP contribution in [0.15, 0.2) is 52.1 Å². The monoisotopic (exact) mass is 342 g/mol. The highest BCUT2D eigenvalue weighted by molar-refractivity contribution is 9.10. The van der Waals surface area contributed by atoms with Crippen molar-refractivity contribution in [3.8, 4) is 0 Å². The van der Waals surface area contributed by atoms with Crippen molar-refractivity contribution in [2.75, 3.05) is 6.54 Å². The maximum atomic E-state index is 6.19. The number of rotatable bonds is 4. The molecule has 0 saturated carbocycles. The van der Waals surface area contributed by atoms with Gasteiger partial charge in [0, 0.05) is 27.5 Å². The van der Waals surface area contributed by atoms with Gasteiger partial charge in [0.2, 0.25) is 0 Å². The first-order chi connectivity index (χ1) is 8.70. The lowest BCUT2D eigenvalue weighted by Crippen LogP contribution is -2.10. The van der Waals surface area contributed by atoms with E-state index in [1.807, 2.05) is 36.4 Å². The topological polar surface area (TPSA) is 38.9 Å². The molecule has 5 heteroatoms.